The zero-order chi connectivity index (χ0) is 17.9. The van der Waals surface area contributed by atoms with E-state index in [1.54, 1.807) is 18.6 Å². The number of hydrogen-bond acceptors (Lipinski definition) is 9. The molecule has 4 rings (SSSR count). The van der Waals surface area contributed by atoms with E-state index in [1.165, 1.54) is 11.3 Å². The third kappa shape index (κ3) is 3.81. The average molecular weight is 374 g/mol. The summed E-state index contributed by atoms with van der Waals surface area (Å²) in [5, 5.41) is 20.2. The van der Waals surface area contributed by atoms with Gasteiger partial charge in [0.15, 0.2) is 0 Å². The van der Waals surface area contributed by atoms with Crippen molar-refractivity contribution in [1.82, 2.24) is 25.3 Å². The fourth-order valence-electron chi connectivity index (χ4n) is 2.95. The molecule has 0 radical (unpaired) electrons. The second-order valence-electron chi connectivity index (χ2n) is 6.18. The monoisotopic (exact) mass is 374 g/mol. The smallest absolute Gasteiger partial charge is 0.250 e. The number of hydrogen-bond donors (Lipinski definition) is 1. The lowest BCUT2D eigenvalue weighted by Gasteiger charge is -2.29. The number of rotatable bonds is 5. The summed E-state index contributed by atoms with van der Waals surface area (Å²) in [7, 11) is 0. The van der Waals surface area contributed by atoms with Gasteiger partial charge >= 0.3 is 0 Å². The molecule has 0 aromatic carbocycles. The van der Waals surface area contributed by atoms with E-state index in [4.69, 9.17) is 8.83 Å². The molecule has 1 aliphatic heterocycles. The van der Waals surface area contributed by atoms with Crippen LogP contribution in [0.15, 0.2) is 27.4 Å². The van der Waals surface area contributed by atoms with Gasteiger partial charge in [-0.25, -0.2) is 0 Å². The third-order valence-electron chi connectivity index (χ3n) is 4.29. The van der Waals surface area contributed by atoms with Crippen molar-refractivity contribution in [2.75, 3.05) is 25.0 Å². The lowest BCUT2D eigenvalue weighted by atomic mass is 9.97. The van der Waals surface area contributed by atoms with E-state index in [0.717, 1.165) is 36.5 Å². The summed E-state index contributed by atoms with van der Waals surface area (Å²) in [4.78, 5) is 14.2. The SMILES string of the molecule is Cc1nnc(NC(=O)CN2CCC(c3nnc(-c4ccoc4)o3)CC2)s1. The first-order valence-corrected chi connectivity index (χ1v) is 9.17. The molecule has 0 bridgehead atoms. The van der Waals surface area contributed by atoms with Crippen molar-refractivity contribution in [3.05, 3.63) is 29.5 Å². The third-order valence-corrected chi connectivity index (χ3v) is 5.04. The molecule has 10 heteroatoms. The number of piperidine rings is 1. The molecule has 4 heterocycles. The summed E-state index contributed by atoms with van der Waals surface area (Å²) in [6.07, 6.45) is 4.90. The van der Waals surface area contributed by atoms with Gasteiger partial charge in [0.05, 0.1) is 18.4 Å². The molecule has 0 unspecified atom stereocenters. The van der Waals surface area contributed by atoms with Crippen LogP contribution in [-0.4, -0.2) is 50.8 Å². The van der Waals surface area contributed by atoms with Crippen molar-refractivity contribution in [2.45, 2.75) is 25.7 Å². The minimum atomic E-state index is -0.0698. The Morgan fingerprint density at radius 2 is 2.15 bits per heavy atom. The van der Waals surface area contributed by atoms with E-state index in [-0.39, 0.29) is 11.8 Å². The maximum Gasteiger partial charge on any atom is 0.250 e. The maximum absolute atomic E-state index is 12.1. The molecule has 0 aliphatic carbocycles. The number of nitrogens with one attached hydrogen (secondary N) is 1. The standard InChI is InChI=1S/C16H18N6O3S/c1-10-18-21-16(26-10)17-13(23)8-22-5-2-11(3-6-22)14-19-20-15(25-14)12-4-7-24-9-12/h4,7,9,11H,2-3,5-6,8H2,1H3,(H,17,21,23). The van der Waals surface area contributed by atoms with E-state index in [9.17, 15) is 4.79 Å². The van der Waals surface area contributed by atoms with E-state index in [1.807, 2.05) is 6.92 Å². The Bertz CT molecular complexity index is 866. The van der Waals surface area contributed by atoms with Gasteiger partial charge in [0.25, 0.3) is 5.89 Å². The van der Waals surface area contributed by atoms with Crippen LogP contribution in [0.5, 0.6) is 0 Å². The normalized spacial score (nSPS) is 16.0. The Hall–Kier alpha value is -2.59. The largest absolute Gasteiger partial charge is 0.472 e. The van der Waals surface area contributed by atoms with Crippen LogP contribution in [-0.2, 0) is 4.79 Å². The second-order valence-corrected chi connectivity index (χ2v) is 7.36. The number of amides is 1. The summed E-state index contributed by atoms with van der Waals surface area (Å²) in [6.45, 7) is 3.80. The van der Waals surface area contributed by atoms with Gasteiger partial charge in [-0.3, -0.25) is 15.0 Å². The molecule has 1 fully saturated rings. The Balaban J connectivity index is 1.28. The molecule has 0 saturated carbocycles. The number of nitrogens with zero attached hydrogens (tertiary/aromatic N) is 5. The zero-order valence-electron chi connectivity index (χ0n) is 14.2. The second kappa shape index (κ2) is 7.34. The summed E-state index contributed by atoms with van der Waals surface area (Å²) >= 11 is 1.37. The molecule has 1 N–H and O–H groups in total. The van der Waals surface area contributed by atoms with Crippen LogP contribution in [0.2, 0.25) is 0 Å². The van der Waals surface area contributed by atoms with Crippen molar-refractivity contribution in [2.24, 2.45) is 0 Å². The molecule has 3 aromatic heterocycles. The van der Waals surface area contributed by atoms with Crippen LogP contribution in [0.25, 0.3) is 11.5 Å². The number of carbonyl (C=O) groups excluding carboxylic acids is 1. The Kier molecular flexibility index (Phi) is 4.76. The molecule has 3 aromatic rings. The molecule has 136 valence electrons. The van der Waals surface area contributed by atoms with Gasteiger partial charge in [0.2, 0.25) is 16.9 Å². The number of carbonyl (C=O) groups is 1. The number of anilines is 1. The summed E-state index contributed by atoms with van der Waals surface area (Å²) < 4.78 is 10.8. The molecule has 0 atom stereocenters. The van der Waals surface area contributed by atoms with Gasteiger partial charge in [-0.15, -0.1) is 20.4 Å². The van der Waals surface area contributed by atoms with Gasteiger partial charge in [-0.05, 0) is 38.9 Å². The van der Waals surface area contributed by atoms with Crippen LogP contribution in [0.3, 0.4) is 0 Å². The predicted molar refractivity (Wildman–Crippen MR) is 93.7 cm³/mol. The van der Waals surface area contributed by atoms with Crippen molar-refractivity contribution < 1.29 is 13.6 Å². The highest BCUT2D eigenvalue weighted by Crippen LogP contribution is 2.29. The van der Waals surface area contributed by atoms with Gasteiger partial charge in [0.1, 0.15) is 11.3 Å². The molecule has 1 saturated heterocycles. The number of furan rings is 1. The quantitative estimate of drug-likeness (QED) is 0.724. The molecule has 0 spiro atoms. The molecule has 1 aliphatic rings. The van der Waals surface area contributed by atoms with E-state index < -0.39 is 0 Å². The first kappa shape index (κ1) is 16.9. The van der Waals surface area contributed by atoms with E-state index in [0.29, 0.717) is 23.5 Å². The highest BCUT2D eigenvalue weighted by Gasteiger charge is 2.26. The number of aryl methyl sites for hydroxylation is 1. The van der Waals surface area contributed by atoms with Crippen LogP contribution in [0.1, 0.15) is 29.7 Å². The first-order chi connectivity index (χ1) is 12.7. The summed E-state index contributed by atoms with van der Waals surface area (Å²) in [6, 6.07) is 1.79. The molecule has 9 nitrogen and oxygen atoms in total. The van der Waals surface area contributed by atoms with Gasteiger partial charge in [-0.1, -0.05) is 11.3 Å². The zero-order valence-corrected chi connectivity index (χ0v) is 15.0. The number of aromatic nitrogens is 4. The Morgan fingerprint density at radius 1 is 1.31 bits per heavy atom. The van der Waals surface area contributed by atoms with Crippen molar-refractivity contribution in [3.63, 3.8) is 0 Å². The van der Waals surface area contributed by atoms with E-state index in [2.05, 4.69) is 30.6 Å². The minimum absolute atomic E-state index is 0.0698. The van der Waals surface area contributed by atoms with Crippen LogP contribution < -0.4 is 5.32 Å². The Morgan fingerprint density at radius 3 is 2.85 bits per heavy atom. The summed E-state index contributed by atoms with van der Waals surface area (Å²) in [5.74, 6) is 1.27. The maximum atomic E-state index is 12.1. The topological polar surface area (TPSA) is 110 Å². The van der Waals surface area contributed by atoms with E-state index >= 15 is 0 Å². The van der Waals surface area contributed by atoms with Crippen LogP contribution in [0.4, 0.5) is 5.13 Å². The summed E-state index contributed by atoms with van der Waals surface area (Å²) in [5.41, 5.74) is 0.782. The lowest BCUT2D eigenvalue weighted by Crippen LogP contribution is -2.38. The molecule has 1 amide bonds. The van der Waals surface area contributed by atoms with Crippen LogP contribution >= 0.6 is 11.3 Å². The van der Waals surface area contributed by atoms with Gasteiger partial charge in [-0.2, -0.15) is 0 Å². The van der Waals surface area contributed by atoms with Crippen molar-refractivity contribution in [3.8, 4) is 11.5 Å². The highest BCUT2D eigenvalue weighted by molar-refractivity contribution is 7.15. The van der Waals surface area contributed by atoms with Crippen molar-refractivity contribution >= 4 is 22.4 Å². The highest BCUT2D eigenvalue weighted by atomic mass is 32.1. The molecule has 26 heavy (non-hydrogen) atoms. The van der Waals surface area contributed by atoms with Gasteiger partial charge in [0, 0.05) is 5.92 Å². The number of likely N-dealkylation sites (tertiary alicyclic amines) is 1. The fraction of sp³-hybridized carbons (Fsp3) is 0.438. The fourth-order valence-corrected chi connectivity index (χ4v) is 3.56. The molecular formula is C16H18N6O3S. The van der Waals surface area contributed by atoms with Crippen LogP contribution in [0, 0.1) is 6.92 Å². The predicted octanol–water partition coefficient (Wildman–Crippen LogP) is 2.31. The Labute approximate surface area is 153 Å². The molecular weight excluding hydrogens is 356 g/mol. The van der Waals surface area contributed by atoms with Gasteiger partial charge < -0.3 is 8.83 Å². The van der Waals surface area contributed by atoms with Crippen molar-refractivity contribution in [1.29, 1.82) is 0 Å². The minimum Gasteiger partial charge on any atom is -0.472 e. The first-order valence-electron chi connectivity index (χ1n) is 8.35. The average Bonchev–Trinajstić information content (AvgIpc) is 3.36. The lowest BCUT2D eigenvalue weighted by molar-refractivity contribution is -0.117.